The van der Waals surface area contributed by atoms with Crippen molar-refractivity contribution in [1.82, 2.24) is 15.0 Å². The van der Waals surface area contributed by atoms with Gasteiger partial charge in [-0.05, 0) is 29.3 Å². The Balaban J connectivity index is 2.97. The monoisotopic (exact) mass is 275 g/mol. The van der Waals surface area contributed by atoms with Gasteiger partial charge >= 0.3 is 5.97 Å². The second kappa shape index (κ2) is 5.25. The van der Waals surface area contributed by atoms with Gasteiger partial charge in [0.25, 0.3) is 0 Å². The van der Waals surface area contributed by atoms with E-state index in [-0.39, 0.29) is 11.9 Å². The molecule has 15 heavy (non-hydrogen) atoms. The number of carbonyl (C=O) groups is 1. The number of nitrogens with zero attached hydrogens (tertiary/aromatic N) is 3. The minimum absolute atomic E-state index is 0.230. The molecule has 0 saturated carbocycles. The van der Waals surface area contributed by atoms with Crippen LogP contribution in [0.2, 0.25) is 0 Å². The van der Waals surface area contributed by atoms with Gasteiger partial charge in [0, 0.05) is 7.05 Å². The molecular weight excluding hydrogens is 262 g/mol. The van der Waals surface area contributed by atoms with Crippen LogP contribution in [-0.2, 0) is 16.6 Å². The fraction of sp³-hybridized carbons (Fsp3) is 0.667. The van der Waals surface area contributed by atoms with Crippen molar-refractivity contribution in [3.63, 3.8) is 0 Å². The molecule has 0 radical (unpaired) electrons. The van der Waals surface area contributed by atoms with Gasteiger partial charge in [-0.3, -0.25) is 9.48 Å². The predicted octanol–water partition coefficient (Wildman–Crippen LogP) is 1.63. The Morgan fingerprint density at radius 1 is 1.60 bits per heavy atom. The van der Waals surface area contributed by atoms with Crippen LogP contribution in [0.5, 0.6) is 0 Å². The maximum absolute atomic E-state index is 11.7. The molecule has 1 heterocycles. The number of ether oxygens (including phenoxy) is 1. The van der Waals surface area contributed by atoms with E-state index in [4.69, 9.17) is 4.74 Å². The Morgan fingerprint density at radius 2 is 2.27 bits per heavy atom. The molecule has 0 aliphatic rings. The Kier molecular flexibility index (Phi) is 4.26. The van der Waals surface area contributed by atoms with Crippen LogP contribution in [0.4, 0.5) is 0 Å². The molecule has 0 amide bonds. The molecule has 0 N–H and O–H groups in total. The Morgan fingerprint density at radius 3 is 2.67 bits per heavy atom. The summed E-state index contributed by atoms with van der Waals surface area (Å²) in [5.41, 5.74) is 0.760. The van der Waals surface area contributed by atoms with Gasteiger partial charge in [-0.1, -0.05) is 12.1 Å². The van der Waals surface area contributed by atoms with Crippen LogP contribution in [0.3, 0.4) is 0 Å². The molecule has 0 saturated heterocycles. The number of aryl methyl sites for hydroxylation is 1. The van der Waals surface area contributed by atoms with Crippen LogP contribution >= 0.6 is 15.9 Å². The zero-order chi connectivity index (χ0) is 11.4. The summed E-state index contributed by atoms with van der Waals surface area (Å²) in [5.74, 6) is -0.537. The lowest BCUT2D eigenvalue weighted by atomic mass is 10.0. The Hall–Kier alpha value is -0.910. The highest BCUT2D eigenvalue weighted by Crippen LogP contribution is 2.26. The molecule has 5 nitrogen and oxygen atoms in total. The normalized spacial score (nSPS) is 12.5. The molecule has 1 atom stereocenters. The highest BCUT2D eigenvalue weighted by molar-refractivity contribution is 9.10. The average Bonchev–Trinajstić information content (AvgIpc) is 2.51. The van der Waals surface area contributed by atoms with Gasteiger partial charge in [-0.25, -0.2) is 0 Å². The molecule has 0 fully saturated rings. The molecule has 0 aliphatic carbocycles. The molecule has 1 rings (SSSR count). The van der Waals surface area contributed by atoms with Gasteiger partial charge in [0.2, 0.25) is 0 Å². The summed E-state index contributed by atoms with van der Waals surface area (Å²) in [6, 6.07) is 0. The van der Waals surface area contributed by atoms with Gasteiger partial charge in [0.1, 0.15) is 5.92 Å². The van der Waals surface area contributed by atoms with E-state index in [0.29, 0.717) is 17.6 Å². The lowest BCUT2D eigenvalue weighted by Gasteiger charge is -2.13. The molecule has 0 spiro atoms. The standard InChI is InChI=1S/C9H14BrN3O2/c1-4-6(9(14)15-5-2)7-8(10)11-12-13(7)3/h6H,4-5H2,1-3H3. The first-order chi connectivity index (χ1) is 7.11. The SMILES string of the molecule is CCOC(=O)C(CC)c1c(Br)nnn1C. The first-order valence-electron chi connectivity index (χ1n) is 4.83. The minimum Gasteiger partial charge on any atom is -0.465 e. The summed E-state index contributed by atoms with van der Waals surface area (Å²) in [6.07, 6.45) is 0.665. The molecule has 0 aromatic carbocycles. The van der Waals surface area contributed by atoms with Crippen molar-refractivity contribution in [2.45, 2.75) is 26.2 Å². The molecule has 1 aromatic rings. The number of rotatable bonds is 4. The third kappa shape index (κ3) is 2.56. The topological polar surface area (TPSA) is 57.0 Å². The maximum Gasteiger partial charge on any atom is 0.315 e. The average molecular weight is 276 g/mol. The van der Waals surface area contributed by atoms with Crippen molar-refractivity contribution in [2.24, 2.45) is 7.05 Å². The van der Waals surface area contributed by atoms with Crippen molar-refractivity contribution in [1.29, 1.82) is 0 Å². The maximum atomic E-state index is 11.7. The van der Waals surface area contributed by atoms with E-state index in [1.807, 2.05) is 6.92 Å². The summed E-state index contributed by atoms with van der Waals surface area (Å²) in [7, 11) is 1.76. The Labute approximate surface area is 96.9 Å². The number of carbonyl (C=O) groups excluding carboxylic acids is 1. The van der Waals surface area contributed by atoms with Crippen LogP contribution in [0.1, 0.15) is 31.9 Å². The number of esters is 1. The number of aromatic nitrogens is 3. The van der Waals surface area contributed by atoms with E-state index in [2.05, 4.69) is 26.2 Å². The van der Waals surface area contributed by atoms with E-state index < -0.39 is 0 Å². The number of halogens is 1. The largest absolute Gasteiger partial charge is 0.465 e. The van der Waals surface area contributed by atoms with Crippen molar-refractivity contribution in [3.05, 3.63) is 10.3 Å². The van der Waals surface area contributed by atoms with Gasteiger partial charge in [0.05, 0.1) is 12.3 Å². The third-order valence-corrected chi connectivity index (χ3v) is 2.70. The molecule has 0 aliphatic heterocycles. The fourth-order valence-corrected chi connectivity index (χ4v) is 2.03. The number of hydrogen-bond donors (Lipinski definition) is 0. The minimum atomic E-state index is -0.306. The molecule has 0 bridgehead atoms. The molecule has 1 unspecified atom stereocenters. The van der Waals surface area contributed by atoms with Gasteiger partial charge in [-0.15, -0.1) is 5.10 Å². The van der Waals surface area contributed by atoms with E-state index >= 15 is 0 Å². The zero-order valence-electron chi connectivity index (χ0n) is 9.03. The number of hydrogen-bond acceptors (Lipinski definition) is 4. The molecule has 6 heteroatoms. The second-order valence-corrected chi connectivity index (χ2v) is 3.85. The Bertz CT molecular complexity index is 332. The van der Waals surface area contributed by atoms with Gasteiger partial charge < -0.3 is 4.74 Å². The van der Waals surface area contributed by atoms with E-state index in [1.54, 1.807) is 18.7 Å². The summed E-state index contributed by atoms with van der Waals surface area (Å²) in [6.45, 7) is 4.11. The first kappa shape index (κ1) is 12.2. The quantitative estimate of drug-likeness (QED) is 0.784. The molecule has 84 valence electrons. The lowest BCUT2D eigenvalue weighted by molar-refractivity contribution is -0.145. The third-order valence-electron chi connectivity index (χ3n) is 2.14. The predicted molar refractivity (Wildman–Crippen MR) is 58.4 cm³/mol. The zero-order valence-corrected chi connectivity index (χ0v) is 10.6. The summed E-state index contributed by atoms with van der Waals surface area (Å²) in [4.78, 5) is 11.7. The van der Waals surface area contributed by atoms with Gasteiger partial charge in [-0.2, -0.15) is 0 Å². The lowest BCUT2D eigenvalue weighted by Crippen LogP contribution is -2.18. The van der Waals surface area contributed by atoms with Gasteiger partial charge in [0.15, 0.2) is 4.60 Å². The van der Waals surface area contributed by atoms with Crippen molar-refractivity contribution in [2.75, 3.05) is 6.61 Å². The summed E-state index contributed by atoms with van der Waals surface area (Å²) >= 11 is 3.28. The fourth-order valence-electron chi connectivity index (χ4n) is 1.42. The van der Waals surface area contributed by atoms with E-state index in [0.717, 1.165) is 5.69 Å². The van der Waals surface area contributed by atoms with E-state index in [1.165, 1.54) is 0 Å². The smallest absolute Gasteiger partial charge is 0.315 e. The highest BCUT2D eigenvalue weighted by atomic mass is 79.9. The first-order valence-corrected chi connectivity index (χ1v) is 5.62. The van der Waals surface area contributed by atoms with Crippen LogP contribution in [-0.4, -0.2) is 27.6 Å². The van der Waals surface area contributed by atoms with E-state index in [9.17, 15) is 4.79 Å². The molecular formula is C9H14BrN3O2. The highest BCUT2D eigenvalue weighted by Gasteiger charge is 2.26. The van der Waals surface area contributed by atoms with Crippen LogP contribution in [0.25, 0.3) is 0 Å². The van der Waals surface area contributed by atoms with Crippen molar-refractivity contribution in [3.8, 4) is 0 Å². The summed E-state index contributed by atoms with van der Waals surface area (Å²) < 4.78 is 7.19. The van der Waals surface area contributed by atoms with Crippen LogP contribution < -0.4 is 0 Å². The molecule has 1 aromatic heterocycles. The summed E-state index contributed by atoms with van der Waals surface area (Å²) in [5, 5.41) is 7.69. The van der Waals surface area contributed by atoms with Crippen LogP contribution in [0.15, 0.2) is 4.60 Å². The van der Waals surface area contributed by atoms with Crippen molar-refractivity contribution >= 4 is 21.9 Å². The second-order valence-electron chi connectivity index (χ2n) is 3.10. The van der Waals surface area contributed by atoms with Crippen LogP contribution in [0, 0.1) is 0 Å². The van der Waals surface area contributed by atoms with Crippen molar-refractivity contribution < 1.29 is 9.53 Å².